The van der Waals surface area contributed by atoms with Crippen molar-refractivity contribution in [1.29, 1.82) is 0 Å². The van der Waals surface area contributed by atoms with Gasteiger partial charge in [0.25, 0.3) is 0 Å². The summed E-state index contributed by atoms with van der Waals surface area (Å²) in [7, 11) is 0. The number of aliphatic carboxylic acids is 1. The van der Waals surface area contributed by atoms with Crippen molar-refractivity contribution in [2.24, 2.45) is 29.1 Å². The van der Waals surface area contributed by atoms with Gasteiger partial charge in [-0.15, -0.1) is 0 Å². The van der Waals surface area contributed by atoms with Gasteiger partial charge in [0.1, 0.15) is 11.9 Å². The topological polar surface area (TPSA) is 77.8 Å². The molecule has 0 spiro atoms. The van der Waals surface area contributed by atoms with Gasteiger partial charge in [0.2, 0.25) is 0 Å². The van der Waals surface area contributed by atoms with Crippen molar-refractivity contribution >= 4 is 5.97 Å². The average molecular weight is 733 g/mol. The zero-order valence-corrected chi connectivity index (χ0v) is 27.9. The fraction of sp³-hybridized carbons (Fsp3) is 0.750. The Kier molecular flexibility index (Phi) is 12.0. The lowest BCUT2D eigenvalue weighted by atomic mass is 9.51. The Morgan fingerprint density at radius 1 is 0.920 bits per heavy atom. The number of fused-ring (bicyclic) bond motifs is 5. The van der Waals surface area contributed by atoms with E-state index in [2.05, 4.69) is 13.5 Å². The number of carboxylic acids is 1. The highest BCUT2D eigenvalue weighted by Crippen LogP contribution is 2.66. The second-order valence-electron chi connectivity index (χ2n) is 14.9. The van der Waals surface area contributed by atoms with Gasteiger partial charge in [-0.2, -0.15) is 39.5 Å². The number of unbranched alkanes of at least 4 members (excludes halogenated alkanes) is 6. The van der Waals surface area contributed by atoms with E-state index in [9.17, 15) is 59.6 Å². The Morgan fingerprint density at radius 2 is 1.52 bits per heavy atom. The molecule has 3 aliphatic carbocycles. The van der Waals surface area contributed by atoms with Crippen LogP contribution in [0.15, 0.2) is 30.4 Å². The van der Waals surface area contributed by atoms with Crippen LogP contribution >= 0.6 is 0 Å². The fourth-order valence-corrected chi connectivity index (χ4v) is 8.95. The van der Waals surface area contributed by atoms with Gasteiger partial charge >= 0.3 is 29.9 Å². The Bertz CT molecular complexity index is 1360. The van der Waals surface area contributed by atoms with Crippen LogP contribution in [-0.2, 0) is 4.79 Å². The van der Waals surface area contributed by atoms with Crippen LogP contribution in [0.3, 0.4) is 0 Å². The molecule has 0 amide bonds. The number of phenolic OH excluding ortho intramolecular Hbond substituents is 1. The number of alkyl halides is 10. The van der Waals surface area contributed by atoms with Crippen LogP contribution in [0.5, 0.6) is 5.75 Å². The predicted molar refractivity (Wildman–Crippen MR) is 165 cm³/mol. The summed E-state index contributed by atoms with van der Waals surface area (Å²) in [6, 6.07) is 4.93. The normalized spacial score (nSPS) is 29.3. The molecule has 8 atom stereocenters. The summed E-state index contributed by atoms with van der Waals surface area (Å²) in [6.45, 7) is 6.31. The summed E-state index contributed by atoms with van der Waals surface area (Å²) in [5.74, 6) is -22.9. The van der Waals surface area contributed by atoms with Crippen LogP contribution in [0.25, 0.3) is 0 Å². The van der Waals surface area contributed by atoms with Gasteiger partial charge in [-0.05, 0) is 96.4 Å². The third kappa shape index (κ3) is 7.51. The maximum absolute atomic E-state index is 16.3. The van der Waals surface area contributed by atoms with E-state index in [4.69, 9.17) is 0 Å². The number of aliphatic hydroxyl groups excluding tert-OH is 1. The molecule has 1 aromatic carbocycles. The number of hydrogen-bond donors (Lipinski definition) is 3. The minimum absolute atomic E-state index is 0.00387. The highest BCUT2D eigenvalue weighted by atomic mass is 19.4. The molecule has 0 heterocycles. The van der Waals surface area contributed by atoms with Crippen molar-refractivity contribution in [2.75, 3.05) is 0 Å². The molecule has 0 bridgehead atoms. The third-order valence-electron chi connectivity index (χ3n) is 11.9. The number of benzene rings is 1. The van der Waals surface area contributed by atoms with Crippen LogP contribution in [-0.4, -0.2) is 51.3 Å². The molecule has 3 N–H and O–H groups in total. The molecule has 0 radical (unpaired) electrons. The number of aliphatic hydroxyl groups is 1. The molecule has 0 aliphatic heterocycles. The number of halogens is 10. The van der Waals surface area contributed by atoms with E-state index in [-0.39, 0.29) is 47.7 Å². The average Bonchev–Trinajstić information content (AvgIpc) is 3.25. The van der Waals surface area contributed by atoms with Crippen LogP contribution in [0.4, 0.5) is 43.9 Å². The number of carbonyl (C=O) groups is 1. The SMILES string of the molecule is C=C1[C@H](O)CC2C3C(CC[C@]12C)c1ccc(O)cc1[C@H](F)[C@H]3CCCCCCCCCC(CCC(F)(F)C(F)(F)C(F)(F)C(F)(F)F)C(=O)O. The first-order chi connectivity index (χ1) is 23.1. The molecule has 0 aromatic heterocycles. The lowest BCUT2D eigenvalue weighted by molar-refractivity contribution is -0.396. The number of aromatic hydroxyl groups is 1. The molecule has 2 saturated carbocycles. The monoisotopic (exact) mass is 732 g/mol. The summed E-state index contributed by atoms with van der Waals surface area (Å²) in [5.41, 5.74) is 1.98. The van der Waals surface area contributed by atoms with Crippen molar-refractivity contribution in [2.45, 2.75) is 139 Å². The zero-order valence-electron chi connectivity index (χ0n) is 27.9. The Hall–Kier alpha value is -2.51. The van der Waals surface area contributed by atoms with Gasteiger partial charge in [-0.25, -0.2) is 4.39 Å². The summed E-state index contributed by atoms with van der Waals surface area (Å²) in [5, 5.41) is 30.2. The second-order valence-corrected chi connectivity index (χ2v) is 14.9. The summed E-state index contributed by atoms with van der Waals surface area (Å²) >= 11 is 0. The fourth-order valence-electron chi connectivity index (χ4n) is 8.95. The van der Waals surface area contributed by atoms with E-state index in [0.29, 0.717) is 37.7 Å². The van der Waals surface area contributed by atoms with Crippen LogP contribution in [0.2, 0.25) is 0 Å². The highest BCUT2D eigenvalue weighted by molar-refractivity contribution is 5.69. The second kappa shape index (κ2) is 14.8. The minimum atomic E-state index is -7.00. The number of rotatable bonds is 16. The first-order valence-electron chi connectivity index (χ1n) is 17.4. The van der Waals surface area contributed by atoms with Gasteiger partial charge in [0.15, 0.2) is 0 Å². The van der Waals surface area contributed by atoms with Crippen molar-refractivity contribution in [1.82, 2.24) is 0 Å². The molecule has 284 valence electrons. The van der Waals surface area contributed by atoms with E-state index in [1.807, 2.05) is 6.07 Å². The Balaban J connectivity index is 1.24. The van der Waals surface area contributed by atoms with Crippen molar-refractivity contribution in [3.05, 3.63) is 41.5 Å². The van der Waals surface area contributed by atoms with Gasteiger partial charge in [0, 0.05) is 6.42 Å². The standard InChI is InChI=1S/C36H46F10O4/c1-20-28(48)19-27-29-24(15-16-32(20,27)2)23-13-12-22(47)18-26(23)30(37)25(29)11-9-7-5-3-4-6-8-10-21(31(49)50)14-17-33(38,39)34(40,41)35(42,43)36(44,45)46/h12-13,18,21,24-25,27-30,47-48H,1,3-11,14-17,19H2,2H3,(H,49,50)/t21?,24?,25-,27?,28+,29?,30+,32+/m0/s1. The summed E-state index contributed by atoms with van der Waals surface area (Å²) in [6.07, 6.45) is -5.39. The minimum Gasteiger partial charge on any atom is -0.508 e. The quantitative estimate of drug-likeness (QED) is 0.0898. The molecule has 4 unspecified atom stereocenters. The molecule has 0 saturated heterocycles. The molecule has 3 aliphatic rings. The first kappa shape index (κ1) is 40.3. The molecular formula is C36H46F10O4. The Morgan fingerprint density at radius 3 is 2.12 bits per heavy atom. The van der Waals surface area contributed by atoms with Crippen molar-refractivity contribution in [3.63, 3.8) is 0 Å². The van der Waals surface area contributed by atoms with Crippen molar-refractivity contribution < 1.29 is 64.0 Å². The summed E-state index contributed by atoms with van der Waals surface area (Å²) < 4.78 is 134. The Labute approximate surface area is 285 Å². The molecule has 50 heavy (non-hydrogen) atoms. The zero-order chi connectivity index (χ0) is 37.4. The van der Waals surface area contributed by atoms with E-state index >= 15 is 4.39 Å². The van der Waals surface area contributed by atoms with Crippen molar-refractivity contribution in [3.8, 4) is 5.75 Å². The lowest BCUT2D eigenvalue weighted by Crippen LogP contribution is -2.60. The molecule has 4 rings (SSSR count). The van der Waals surface area contributed by atoms with Crippen LogP contribution in [0, 0.1) is 29.1 Å². The highest BCUT2D eigenvalue weighted by Gasteiger charge is 2.81. The van der Waals surface area contributed by atoms with Gasteiger partial charge in [-0.3, -0.25) is 4.79 Å². The van der Waals surface area contributed by atoms with Gasteiger partial charge < -0.3 is 15.3 Å². The molecule has 14 heteroatoms. The number of hydrogen-bond acceptors (Lipinski definition) is 3. The maximum Gasteiger partial charge on any atom is 0.460 e. The maximum atomic E-state index is 16.3. The lowest BCUT2D eigenvalue weighted by Gasteiger charge is -2.53. The largest absolute Gasteiger partial charge is 0.508 e. The van der Waals surface area contributed by atoms with Crippen LogP contribution in [0.1, 0.15) is 120 Å². The van der Waals surface area contributed by atoms with E-state index < -0.39 is 60.9 Å². The van der Waals surface area contributed by atoms with Gasteiger partial charge in [0.05, 0.1) is 12.0 Å². The van der Waals surface area contributed by atoms with Crippen LogP contribution < -0.4 is 0 Å². The smallest absolute Gasteiger partial charge is 0.460 e. The molecular weight excluding hydrogens is 686 g/mol. The first-order valence-corrected chi connectivity index (χ1v) is 17.4. The van der Waals surface area contributed by atoms with E-state index in [1.54, 1.807) is 6.07 Å². The van der Waals surface area contributed by atoms with E-state index in [1.165, 1.54) is 6.07 Å². The van der Waals surface area contributed by atoms with Gasteiger partial charge in [-0.1, -0.05) is 64.5 Å². The predicted octanol–water partition coefficient (Wildman–Crippen LogP) is 10.9. The number of carboxylic acid groups (broad SMARTS) is 1. The number of phenols is 1. The van der Waals surface area contributed by atoms with E-state index in [0.717, 1.165) is 43.2 Å². The summed E-state index contributed by atoms with van der Waals surface area (Å²) in [4.78, 5) is 11.5. The molecule has 1 aromatic rings. The third-order valence-corrected chi connectivity index (χ3v) is 11.9. The molecule has 4 nitrogen and oxygen atoms in total. The molecule has 2 fully saturated rings.